The third kappa shape index (κ3) is 7.10. The van der Waals surface area contributed by atoms with Gasteiger partial charge in [-0.25, -0.2) is 5.43 Å². The molecular formula is C25H24N4O7. The van der Waals surface area contributed by atoms with Crippen LogP contribution in [0.2, 0.25) is 0 Å². The number of hydrogen-bond donors (Lipinski definition) is 1. The van der Waals surface area contributed by atoms with Gasteiger partial charge in [0, 0.05) is 6.07 Å². The van der Waals surface area contributed by atoms with Crippen LogP contribution in [0.3, 0.4) is 0 Å². The Morgan fingerprint density at radius 1 is 1.03 bits per heavy atom. The lowest BCUT2D eigenvalue weighted by Crippen LogP contribution is -2.24. The third-order valence-corrected chi connectivity index (χ3v) is 5.27. The molecule has 1 amide bonds. The van der Waals surface area contributed by atoms with Gasteiger partial charge < -0.3 is 9.47 Å². The molecule has 0 saturated heterocycles. The monoisotopic (exact) mass is 492 g/mol. The Balaban J connectivity index is 1.57. The lowest BCUT2D eigenvalue weighted by Gasteiger charge is -2.10. The van der Waals surface area contributed by atoms with Crippen molar-refractivity contribution in [1.29, 1.82) is 0 Å². The summed E-state index contributed by atoms with van der Waals surface area (Å²) in [6.07, 6.45) is 2.41. The number of non-ortho nitro benzene ring substituents is 1. The van der Waals surface area contributed by atoms with Gasteiger partial charge >= 0.3 is 5.69 Å². The van der Waals surface area contributed by atoms with Gasteiger partial charge in [-0.3, -0.25) is 25.0 Å². The second kappa shape index (κ2) is 12.1. The molecule has 0 bridgehead atoms. The molecule has 0 aromatic heterocycles. The lowest BCUT2D eigenvalue weighted by molar-refractivity contribution is -0.394. The minimum absolute atomic E-state index is 0.151. The fourth-order valence-electron chi connectivity index (χ4n) is 3.12. The Morgan fingerprint density at radius 3 is 2.44 bits per heavy atom. The Kier molecular flexibility index (Phi) is 8.65. The second-order valence-corrected chi connectivity index (χ2v) is 7.80. The summed E-state index contributed by atoms with van der Waals surface area (Å²) >= 11 is 0. The molecule has 1 N–H and O–H groups in total. The van der Waals surface area contributed by atoms with Gasteiger partial charge in [-0.2, -0.15) is 5.10 Å². The number of carbonyl (C=O) groups is 1. The smallest absolute Gasteiger partial charge is 0.318 e. The fraction of sp³-hybridized carbons (Fsp3) is 0.200. The average Bonchev–Trinajstić information content (AvgIpc) is 2.87. The molecule has 0 heterocycles. The van der Waals surface area contributed by atoms with Crippen molar-refractivity contribution < 1.29 is 24.1 Å². The van der Waals surface area contributed by atoms with E-state index >= 15 is 0 Å². The van der Waals surface area contributed by atoms with Crippen LogP contribution >= 0.6 is 0 Å². The standard InChI is InChI=1S/C25H24N4O7/c1-3-17(2)19-7-10-21(11-8-19)35-16-25(30)27-26-15-18-5-4-6-22(13-18)36-24-12-9-20(28(31)32)14-23(24)29(33)34/h4-15,17H,3,16H2,1-2H3,(H,27,30). The van der Waals surface area contributed by atoms with Gasteiger partial charge in [0.2, 0.25) is 5.75 Å². The summed E-state index contributed by atoms with van der Waals surface area (Å²) in [6, 6.07) is 17.1. The number of carbonyl (C=O) groups excluding carboxylic acids is 1. The lowest BCUT2D eigenvalue weighted by atomic mass is 9.99. The van der Waals surface area contributed by atoms with Crippen LogP contribution in [0, 0.1) is 20.2 Å². The number of ether oxygens (including phenoxy) is 2. The molecular weight excluding hydrogens is 468 g/mol. The molecule has 36 heavy (non-hydrogen) atoms. The number of nitro groups is 2. The van der Waals surface area contributed by atoms with Crippen LogP contribution in [0.1, 0.15) is 37.3 Å². The molecule has 11 heteroatoms. The van der Waals surface area contributed by atoms with Crippen LogP contribution in [-0.2, 0) is 4.79 Å². The maximum atomic E-state index is 12.0. The summed E-state index contributed by atoms with van der Waals surface area (Å²) in [5.41, 5.74) is 3.15. The van der Waals surface area contributed by atoms with Gasteiger partial charge in [-0.1, -0.05) is 38.1 Å². The Labute approximate surface area is 206 Å². The van der Waals surface area contributed by atoms with E-state index in [2.05, 4.69) is 24.4 Å². The molecule has 0 radical (unpaired) electrons. The van der Waals surface area contributed by atoms with Crippen molar-refractivity contribution in [3.05, 3.63) is 98.1 Å². The van der Waals surface area contributed by atoms with Gasteiger partial charge in [0.1, 0.15) is 11.5 Å². The quantitative estimate of drug-likeness (QED) is 0.216. The van der Waals surface area contributed by atoms with E-state index < -0.39 is 27.1 Å². The summed E-state index contributed by atoms with van der Waals surface area (Å²) in [5.74, 6) is 0.663. The number of amides is 1. The van der Waals surface area contributed by atoms with Crippen LogP contribution < -0.4 is 14.9 Å². The van der Waals surface area contributed by atoms with E-state index in [4.69, 9.17) is 9.47 Å². The maximum Gasteiger partial charge on any atom is 0.318 e. The number of nitrogens with one attached hydrogen (secondary N) is 1. The molecule has 3 rings (SSSR count). The van der Waals surface area contributed by atoms with Gasteiger partial charge in [-0.05, 0) is 53.8 Å². The number of hydrazone groups is 1. The first-order valence-electron chi connectivity index (χ1n) is 11.0. The first-order valence-corrected chi connectivity index (χ1v) is 11.0. The molecule has 0 saturated carbocycles. The molecule has 0 aliphatic heterocycles. The van der Waals surface area contributed by atoms with Crippen molar-refractivity contribution in [2.24, 2.45) is 5.10 Å². The van der Waals surface area contributed by atoms with E-state index in [9.17, 15) is 25.0 Å². The van der Waals surface area contributed by atoms with Gasteiger partial charge in [-0.15, -0.1) is 0 Å². The van der Waals surface area contributed by atoms with Gasteiger partial charge in [0.05, 0.1) is 22.1 Å². The summed E-state index contributed by atoms with van der Waals surface area (Å²) in [7, 11) is 0. The molecule has 3 aromatic rings. The zero-order valence-corrected chi connectivity index (χ0v) is 19.6. The summed E-state index contributed by atoms with van der Waals surface area (Å²) in [6.45, 7) is 4.05. The van der Waals surface area contributed by atoms with Crippen molar-refractivity contribution in [1.82, 2.24) is 5.43 Å². The molecule has 0 aliphatic carbocycles. The maximum absolute atomic E-state index is 12.0. The van der Waals surface area contributed by atoms with E-state index in [0.29, 0.717) is 17.2 Å². The molecule has 0 fully saturated rings. The molecule has 186 valence electrons. The van der Waals surface area contributed by atoms with Gasteiger partial charge in [0.25, 0.3) is 11.6 Å². The predicted octanol–water partition coefficient (Wildman–Crippen LogP) is 5.34. The Hall–Kier alpha value is -4.80. The highest BCUT2D eigenvalue weighted by Crippen LogP contribution is 2.34. The first kappa shape index (κ1) is 25.8. The molecule has 1 unspecified atom stereocenters. The van der Waals surface area contributed by atoms with E-state index in [1.165, 1.54) is 17.8 Å². The van der Waals surface area contributed by atoms with Crippen LogP contribution in [0.15, 0.2) is 71.8 Å². The topological polar surface area (TPSA) is 146 Å². The average molecular weight is 492 g/mol. The number of nitro benzene ring substituents is 2. The zero-order valence-electron chi connectivity index (χ0n) is 19.6. The minimum Gasteiger partial charge on any atom is -0.484 e. The number of hydrogen-bond acceptors (Lipinski definition) is 8. The minimum atomic E-state index is -0.759. The van der Waals surface area contributed by atoms with Crippen molar-refractivity contribution in [3.8, 4) is 17.2 Å². The summed E-state index contributed by atoms with van der Waals surface area (Å²) < 4.78 is 11.0. The van der Waals surface area contributed by atoms with Crippen molar-refractivity contribution in [2.45, 2.75) is 26.2 Å². The molecule has 3 aromatic carbocycles. The second-order valence-electron chi connectivity index (χ2n) is 7.80. The van der Waals surface area contributed by atoms with E-state index in [0.717, 1.165) is 24.6 Å². The third-order valence-electron chi connectivity index (χ3n) is 5.27. The van der Waals surface area contributed by atoms with Crippen LogP contribution in [0.25, 0.3) is 0 Å². The fourth-order valence-corrected chi connectivity index (χ4v) is 3.12. The van der Waals surface area contributed by atoms with E-state index in [-0.39, 0.29) is 18.1 Å². The summed E-state index contributed by atoms with van der Waals surface area (Å²) in [5, 5.41) is 26.1. The first-order chi connectivity index (χ1) is 17.3. The molecule has 1 atom stereocenters. The van der Waals surface area contributed by atoms with Crippen molar-refractivity contribution in [3.63, 3.8) is 0 Å². The zero-order chi connectivity index (χ0) is 26.1. The largest absolute Gasteiger partial charge is 0.484 e. The van der Waals surface area contributed by atoms with Crippen LogP contribution in [0.5, 0.6) is 17.2 Å². The van der Waals surface area contributed by atoms with Gasteiger partial charge in [0.15, 0.2) is 6.61 Å². The SMILES string of the molecule is CCC(C)c1ccc(OCC(=O)NN=Cc2cccc(Oc3ccc([N+](=O)[O-])cc3[N+](=O)[O-])c2)cc1. The molecule has 0 aliphatic rings. The number of benzene rings is 3. The Morgan fingerprint density at radius 2 is 1.78 bits per heavy atom. The Bertz CT molecular complexity index is 1280. The highest BCUT2D eigenvalue weighted by molar-refractivity contribution is 5.83. The van der Waals surface area contributed by atoms with Crippen molar-refractivity contribution >= 4 is 23.5 Å². The number of nitrogens with zero attached hydrogens (tertiary/aromatic N) is 3. The summed E-state index contributed by atoms with van der Waals surface area (Å²) in [4.78, 5) is 32.7. The highest BCUT2D eigenvalue weighted by Gasteiger charge is 2.21. The van der Waals surface area contributed by atoms with Crippen LogP contribution in [-0.4, -0.2) is 28.6 Å². The number of rotatable bonds is 11. The highest BCUT2D eigenvalue weighted by atomic mass is 16.6. The normalized spacial score (nSPS) is 11.6. The predicted molar refractivity (Wildman–Crippen MR) is 133 cm³/mol. The van der Waals surface area contributed by atoms with Crippen LogP contribution in [0.4, 0.5) is 11.4 Å². The molecule has 0 spiro atoms. The molecule has 11 nitrogen and oxygen atoms in total. The van der Waals surface area contributed by atoms with E-state index in [1.54, 1.807) is 18.2 Å². The van der Waals surface area contributed by atoms with Crippen molar-refractivity contribution in [2.75, 3.05) is 6.61 Å². The van der Waals surface area contributed by atoms with E-state index in [1.807, 2.05) is 24.3 Å².